The summed E-state index contributed by atoms with van der Waals surface area (Å²) in [6, 6.07) is 6.89. The highest BCUT2D eigenvalue weighted by atomic mass is 32.1. The van der Waals surface area contributed by atoms with Gasteiger partial charge in [-0.2, -0.15) is 0 Å². The second-order valence-corrected chi connectivity index (χ2v) is 7.84. The van der Waals surface area contributed by atoms with Gasteiger partial charge in [0.15, 0.2) is 11.5 Å². The normalized spacial score (nSPS) is 12.5. The number of aromatic nitrogens is 2. The molecule has 10 heteroatoms. The number of aryl methyl sites for hydroxylation is 1. The first-order valence-electron chi connectivity index (χ1n) is 9.95. The van der Waals surface area contributed by atoms with Gasteiger partial charge in [0.05, 0.1) is 18.3 Å². The van der Waals surface area contributed by atoms with Crippen LogP contribution in [0.2, 0.25) is 0 Å². The number of anilines is 1. The fourth-order valence-electron chi connectivity index (χ4n) is 3.30. The minimum absolute atomic E-state index is 0.0828. The maximum absolute atomic E-state index is 12.6. The van der Waals surface area contributed by atoms with E-state index in [0.717, 1.165) is 0 Å². The van der Waals surface area contributed by atoms with Gasteiger partial charge >= 0.3 is 0 Å². The first-order valence-corrected chi connectivity index (χ1v) is 10.8. The van der Waals surface area contributed by atoms with Gasteiger partial charge in [-0.1, -0.05) is 0 Å². The zero-order valence-corrected chi connectivity index (χ0v) is 17.8. The number of hydrogen-bond donors (Lipinski definition) is 1. The number of benzene rings is 1. The summed E-state index contributed by atoms with van der Waals surface area (Å²) in [6.07, 6.45) is 1.56. The molecule has 1 aliphatic heterocycles. The number of hydrogen-bond acceptors (Lipinski definition) is 7. The molecule has 0 radical (unpaired) electrons. The topological polar surface area (TPSA) is 103 Å². The molecule has 0 atom stereocenters. The van der Waals surface area contributed by atoms with Crippen molar-refractivity contribution in [3.63, 3.8) is 0 Å². The molecule has 0 saturated heterocycles. The van der Waals surface area contributed by atoms with Crippen LogP contribution >= 0.6 is 11.3 Å². The summed E-state index contributed by atoms with van der Waals surface area (Å²) in [4.78, 5) is 43.9. The van der Waals surface area contributed by atoms with E-state index < -0.39 is 0 Å². The molecule has 0 unspecified atom stereocenters. The predicted octanol–water partition coefficient (Wildman–Crippen LogP) is 2.11. The van der Waals surface area contributed by atoms with E-state index >= 15 is 0 Å². The van der Waals surface area contributed by atoms with E-state index in [1.165, 1.54) is 27.1 Å². The quantitative estimate of drug-likeness (QED) is 0.601. The van der Waals surface area contributed by atoms with Crippen LogP contribution in [-0.2, 0) is 16.1 Å². The van der Waals surface area contributed by atoms with Gasteiger partial charge in [-0.05, 0) is 30.5 Å². The third-order valence-electron chi connectivity index (χ3n) is 4.91. The summed E-state index contributed by atoms with van der Waals surface area (Å²) in [6.45, 7) is 3.26. The van der Waals surface area contributed by atoms with Gasteiger partial charge in [-0.3, -0.25) is 19.0 Å². The van der Waals surface area contributed by atoms with E-state index in [4.69, 9.17) is 9.47 Å². The zero-order chi connectivity index (χ0) is 21.8. The van der Waals surface area contributed by atoms with Gasteiger partial charge in [0, 0.05) is 31.3 Å². The molecule has 9 nitrogen and oxygen atoms in total. The van der Waals surface area contributed by atoms with Crippen LogP contribution in [0.25, 0.3) is 10.2 Å². The Morgan fingerprint density at radius 1 is 1.23 bits per heavy atom. The molecule has 3 aromatic rings. The van der Waals surface area contributed by atoms with Gasteiger partial charge < -0.3 is 19.7 Å². The molecule has 162 valence electrons. The number of rotatable bonds is 7. The molecule has 0 aliphatic carbocycles. The van der Waals surface area contributed by atoms with Crippen LogP contribution in [0.5, 0.6) is 11.5 Å². The van der Waals surface area contributed by atoms with E-state index in [1.807, 2.05) is 5.38 Å². The summed E-state index contributed by atoms with van der Waals surface area (Å²) in [5, 5.41) is 5.14. The van der Waals surface area contributed by atoms with Crippen molar-refractivity contribution in [3.8, 4) is 11.5 Å². The van der Waals surface area contributed by atoms with E-state index in [9.17, 15) is 14.4 Å². The van der Waals surface area contributed by atoms with Crippen LogP contribution in [0, 0.1) is 0 Å². The van der Waals surface area contributed by atoms with E-state index in [0.29, 0.717) is 47.2 Å². The Labute approximate surface area is 182 Å². The van der Waals surface area contributed by atoms with E-state index in [2.05, 4.69) is 10.3 Å². The van der Waals surface area contributed by atoms with Gasteiger partial charge in [0.2, 0.25) is 11.8 Å². The molecule has 1 aromatic carbocycles. The number of likely N-dealkylation sites (N-methyl/N-ethyl adjacent to an activating group) is 1. The molecule has 2 amide bonds. The third kappa shape index (κ3) is 4.69. The highest BCUT2D eigenvalue weighted by Gasteiger charge is 2.18. The van der Waals surface area contributed by atoms with Crippen molar-refractivity contribution in [2.24, 2.45) is 0 Å². The molecule has 0 fully saturated rings. The number of carbonyl (C=O) groups excluding carboxylic acids is 2. The number of fused-ring (bicyclic) bond motifs is 2. The summed E-state index contributed by atoms with van der Waals surface area (Å²) < 4.78 is 12.4. The number of thiophene rings is 1. The first kappa shape index (κ1) is 20.9. The Balaban J connectivity index is 1.34. The molecular formula is C21H22N4O5S. The molecule has 3 heterocycles. The molecule has 1 aliphatic rings. The van der Waals surface area contributed by atoms with Crippen molar-refractivity contribution >= 4 is 39.1 Å². The summed E-state index contributed by atoms with van der Waals surface area (Å²) in [5.74, 6) is 0.691. The average Bonchev–Trinajstić information content (AvgIpc) is 3.26. The average molecular weight is 442 g/mol. The Morgan fingerprint density at radius 2 is 2.03 bits per heavy atom. The molecule has 0 saturated carbocycles. The van der Waals surface area contributed by atoms with Crippen LogP contribution in [0.4, 0.5) is 5.69 Å². The molecular weight excluding hydrogens is 420 g/mol. The van der Waals surface area contributed by atoms with Crippen LogP contribution in [0.1, 0.15) is 13.3 Å². The van der Waals surface area contributed by atoms with E-state index in [1.54, 1.807) is 31.2 Å². The first-order chi connectivity index (χ1) is 15.0. The molecule has 31 heavy (non-hydrogen) atoms. The van der Waals surface area contributed by atoms with Crippen LogP contribution in [0.3, 0.4) is 0 Å². The molecule has 0 bridgehead atoms. The number of nitrogens with zero attached hydrogens (tertiary/aromatic N) is 3. The standard InChI is InChI=1S/C21H22N4O5S/c1-2-24(12-18(26)23-14-3-4-16-17(11-14)30-9-8-29-16)19(27)5-7-25-13-22-20-15(21(25)28)6-10-31-20/h3-4,6,10-11,13H,2,5,7-9,12H2,1H3,(H,23,26). The van der Waals surface area contributed by atoms with E-state index in [-0.39, 0.29) is 36.9 Å². The van der Waals surface area contributed by atoms with Crippen LogP contribution in [0.15, 0.2) is 40.8 Å². The lowest BCUT2D eigenvalue weighted by molar-refractivity contribution is -0.134. The lowest BCUT2D eigenvalue weighted by Crippen LogP contribution is -2.38. The number of amides is 2. The van der Waals surface area contributed by atoms with Crippen molar-refractivity contribution < 1.29 is 19.1 Å². The highest BCUT2D eigenvalue weighted by Crippen LogP contribution is 2.32. The van der Waals surface area contributed by atoms with Crippen molar-refractivity contribution in [1.29, 1.82) is 0 Å². The maximum atomic E-state index is 12.6. The van der Waals surface area contributed by atoms with Gasteiger partial charge in [-0.25, -0.2) is 4.98 Å². The monoisotopic (exact) mass is 442 g/mol. The minimum atomic E-state index is -0.314. The third-order valence-corrected chi connectivity index (χ3v) is 5.73. The molecule has 0 spiro atoms. The minimum Gasteiger partial charge on any atom is -0.486 e. The fraction of sp³-hybridized carbons (Fsp3) is 0.333. The predicted molar refractivity (Wildman–Crippen MR) is 117 cm³/mol. The number of carbonyl (C=O) groups is 2. The SMILES string of the molecule is CCN(CC(=O)Nc1ccc2c(c1)OCCO2)C(=O)CCn1cnc2sccc2c1=O. The van der Waals surface area contributed by atoms with Crippen molar-refractivity contribution in [2.75, 3.05) is 31.6 Å². The number of ether oxygens (including phenoxy) is 2. The van der Waals surface area contributed by atoms with Crippen molar-refractivity contribution in [1.82, 2.24) is 14.5 Å². The Hall–Kier alpha value is -3.40. The summed E-state index contributed by atoms with van der Waals surface area (Å²) >= 11 is 1.40. The lowest BCUT2D eigenvalue weighted by Gasteiger charge is -2.21. The molecule has 2 aromatic heterocycles. The van der Waals surface area contributed by atoms with Gasteiger partial charge in [-0.15, -0.1) is 11.3 Å². The summed E-state index contributed by atoms with van der Waals surface area (Å²) in [7, 11) is 0. The van der Waals surface area contributed by atoms with Crippen molar-refractivity contribution in [2.45, 2.75) is 19.9 Å². The Kier molecular flexibility index (Phi) is 6.17. The second-order valence-electron chi connectivity index (χ2n) is 6.95. The smallest absolute Gasteiger partial charge is 0.262 e. The highest BCUT2D eigenvalue weighted by molar-refractivity contribution is 7.16. The van der Waals surface area contributed by atoms with Crippen LogP contribution < -0.4 is 20.3 Å². The molecule has 4 rings (SSSR count). The van der Waals surface area contributed by atoms with Gasteiger partial charge in [0.1, 0.15) is 18.0 Å². The van der Waals surface area contributed by atoms with Crippen LogP contribution in [-0.4, -0.2) is 52.6 Å². The largest absolute Gasteiger partial charge is 0.486 e. The fourth-order valence-corrected chi connectivity index (χ4v) is 4.02. The Morgan fingerprint density at radius 3 is 2.84 bits per heavy atom. The maximum Gasteiger partial charge on any atom is 0.262 e. The zero-order valence-electron chi connectivity index (χ0n) is 17.0. The molecule has 1 N–H and O–H groups in total. The van der Waals surface area contributed by atoms with Gasteiger partial charge in [0.25, 0.3) is 5.56 Å². The Bertz CT molecular complexity index is 1170. The second kappa shape index (κ2) is 9.17. The van der Waals surface area contributed by atoms with Crippen molar-refractivity contribution in [3.05, 3.63) is 46.3 Å². The lowest BCUT2D eigenvalue weighted by atomic mass is 10.2. The number of nitrogens with one attached hydrogen (secondary N) is 1. The summed E-state index contributed by atoms with van der Waals surface area (Å²) in [5.41, 5.74) is 0.401.